The van der Waals surface area contributed by atoms with Gasteiger partial charge in [0.15, 0.2) is 0 Å². The van der Waals surface area contributed by atoms with Gasteiger partial charge in [-0.15, -0.1) is 0 Å². The average molecular weight is 342 g/mol. The highest BCUT2D eigenvalue weighted by Crippen LogP contribution is 2.20. The summed E-state index contributed by atoms with van der Waals surface area (Å²) in [6.07, 6.45) is 6.77. The molecule has 0 aliphatic carbocycles. The third kappa shape index (κ3) is 5.28. The number of piperidine rings is 1. The van der Waals surface area contributed by atoms with E-state index >= 15 is 0 Å². The molecule has 1 aliphatic rings. The van der Waals surface area contributed by atoms with Gasteiger partial charge < -0.3 is 9.64 Å². The van der Waals surface area contributed by atoms with Gasteiger partial charge in [0.1, 0.15) is 11.6 Å². The van der Waals surface area contributed by atoms with Crippen LogP contribution in [0.1, 0.15) is 24.8 Å². The van der Waals surface area contributed by atoms with E-state index in [1.165, 1.54) is 12.1 Å². The summed E-state index contributed by atoms with van der Waals surface area (Å²) in [7, 11) is 0. The largest absolute Gasteiger partial charge is 0.493 e. The summed E-state index contributed by atoms with van der Waals surface area (Å²) in [6, 6.07) is 10.1. The summed E-state index contributed by atoms with van der Waals surface area (Å²) < 4.78 is 18.9. The van der Waals surface area contributed by atoms with Crippen LogP contribution in [0.15, 0.2) is 48.8 Å². The Labute approximate surface area is 147 Å². The molecular formula is C20H23FN2O2. The number of benzene rings is 1. The fourth-order valence-electron chi connectivity index (χ4n) is 3.15. The minimum absolute atomic E-state index is 0.180. The van der Waals surface area contributed by atoms with E-state index in [1.54, 1.807) is 24.5 Å². The van der Waals surface area contributed by atoms with Crippen LogP contribution in [0.5, 0.6) is 5.75 Å². The molecule has 2 aromatic rings. The van der Waals surface area contributed by atoms with E-state index in [1.807, 2.05) is 17.0 Å². The lowest BCUT2D eigenvalue weighted by Crippen LogP contribution is -2.41. The van der Waals surface area contributed by atoms with E-state index in [2.05, 4.69) is 4.98 Å². The summed E-state index contributed by atoms with van der Waals surface area (Å²) in [4.78, 5) is 18.5. The number of nitrogens with zero attached hydrogens (tertiary/aromatic N) is 2. The molecule has 0 unspecified atom stereocenters. The summed E-state index contributed by atoms with van der Waals surface area (Å²) in [5.74, 6) is 0.715. The van der Waals surface area contributed by atoms with Gasteiger partial charge in [-0.05, 0) is 43.0 Å². The van der Waals surface area contributed by atoms with Gasteiger partial charge in [0.2, 0.25) is 5.91 Å². The molecule has 1 saturated heterocycles. The van der Waals surface area contributed by atoms with Crippen molar-refractivity contribution >= 4 is 5.91 Å². The van der Waals surface area contributed by atoms with Crippen molar-refractivity contribution in [1.29, 1.82) is 0 Å². The Balaban J connectivity index is 1.46. The molecule has 4 nitrogen and oxygen atoms in total. The van der Waals surface area contributed by atoms with Gasteiger partial charge in [-0.25, -0.2) is 4.39 Å². The number of hydrogen-bond acceptors (Lipinski definition) is 3. The predicted molar refractivity (Wildman–Crippen MR) is 93.8 cm³/mol. The monoisotopic (exact) mass is 342 g/mol. The van der Waals surface area contributed by atoms with Gasteiger partial charge in [-0.3, -0.25) is 9.78 Å². The zero-order valence-electron chi connectivity index (χ0n) is 14.2. The Morgan fingerprint density at radius 1 is 1.32 bits per heavy atom. The molecule has 0 saturated carbocycles. The number of pyridine rings is 1. The van der Waals surface area contributed by atoms with Crippen molar-refractivity contribution in [1.82, 2.24) is 9.88 Å². The van der Waals surface area contributed by atoms with Crippen LogP contribution in [0.3, 0.4) is 0 Å². The Bertz CT molecular complexity index is 693. The fraction of sp³-hybridized carbons (Fsp3) is 0.400. The number of carbonyl (C=O) groups is 1. The first-order valence-corrected chi connectivity index (χ1v) is 8.76. The van der Waals surface area contributed by atoms with Crippen LogP contribution in [0.2, 0.25) is 0 Å². The molecule has 1 aromatic carbocycles. The van der Waals surface area contributed by atoms with Crippen molar-refractivity contribution in [3.63, 3.8) is 0 Å². The third-order valence-corrected chi connectivity index (χ3v) is 4.50. The van der Waals surface area contributed by atoms with E-state index < -0.39 is 0 Å². The summed E-state index contributed by atoms with van der Waals surface area (Å²) in [6.45, 7) is 2.03. The number of ether oxygens (including phenoxy) is 1. The number of likely N-dealkylation sites (tertiary alicyclic amines) is 1. The van der Waals surface area contributed by atoms with E-state index in [9.17, 15) is 9.18 Å². The van der Waals surface area contributed by atoms with E-state index in [0.29, 0.717) is 37.7 Å². The smallest absolute Gasteiger partial charge is 0.222 e. The Hall–Kier alpha value is -2.43. The molecule has 132 valence electrons. The first-order chi connectivity index (χ1) is 12.2. The normalized spacial score (nSPS) is 17.3. The lowest BCUT2D eigenvalue weighted by atomic mass is 9.98. The third-order valence-electron chi connectivity index (χ3n) is 4.50. The van der Waals surface area contributed by atoms with Crippen LogP contribution in [0.4, 0.5) is 4.39 Å². The maximum atomic E-state index is 13.2. The zero-order chi connectivity index (χ0) is 17.5. The molecule has 0 radical (unpaired) electrons. The molecule has 5 heteroatoms. The number of rotatable bonds is 6. The van der Waals surface area contributed by atoms with Gasteiger partial charge in [-0.1, -0.05) is 12.1 Å². The highest BCUT2D eigenvalue weighted by Gasteiger charge is 2.24. The van der Waals surface area contributed by atoms with Crippen LogP contribution in [0, 0.1) is 11.7 Å². The summed E-state index contributed by atoms with van der Waals surface area (Å²) in [5.41, 5.74) is 1.08. The van der Waals surface area contributed by atoms with Crippen molar-refractivity contribution in [2.45, 2.75) is 25.7 Å². The molecule has 25 heavy (non-hydrogen) atoms. The first-order valence-electron chi connectivity index (χ1n) is 8.76. The van der Waals surface area contributed by atoms with Crippen molar-refractivity contribution < 1.29 is 13.9 Å². The molecular weight excluding hydrogens is 319 g/mol. The molecule has 0 bridgehead atoms. The number of aryl methyl sites for hydroxylation is 1. The predicted octanol–water partition coefficient (Wildman–Crippen LogP) is 3.47. The number of aromatic nitrogens is 1. The molecule has 3 rings (SSSR count). The maximum absolute atomic E-state index is 13.2. The number of hydrogen-bond donors (Lipinski definition) is 0. The minimum Gasteiger partial charge on any atom is -0.493 e. The maximum Gasteiger partial charge on any atom is 0.222 e. The van der Waals surface area contributed by atoms with Gasteiger partial charge in [0.05, 0.1) is 6.61 Å². The molecule has 1 atom stereocenters. The Morgan fingerprint density at radius 2 is 2.24 bits per heavy atom. The first kappa shape index (κ1) is 17.4. The van der Waals surface area contributed by atoms with Gasteiger partial charge in [0, 0.05) is 43.9 Å². The SMILES string of the molecule is O=C(CCc1cccnc1)N1CCC[C@@H](COc2cccc(F)c2)C1. The number of halogens is 1. The van der Waals surface area contributed by atoms with Crippen molar-refractivity contribution in [3.8, 4) is 5.75 Å². The van der Waals surface area contributed by atoms with E-state index in [0.717, 1.165) is 24.9 Å². The molecule has 1 fully saturated rings. The Morgan fingerprint density at radius 3 is 3.04 bits per heavy atom. The summed E-state index contributed by atoms with van der Waals surface area (Å²) in [5, 5.41) is 0. The van der Waals surface area contributed by atoms with Gasteiger partial charge in [-0.2, -0.15) is 0 Å². The second-order valence-corrected chi connectivity index (χ2v) is 6.48. The standard InChI is InChI=1S/C20H23FN2O2/c21-18-6-1-7-19(12-18)25-15-17-5-3-11-23(14-17)20(24)9-8-16-4-2-10-22-13-16/h1-2,4,6-7,10,12-13,17H,3,5,8-9,11,14-15H2/t17-/m1/s1. The molecule has 1 aromatic heterocycles. The number of carbonyl (C=O) groups excluding carboxylic acids is 1. The molecule has 1 amide bonds. The second kappa shape index (κ2) is 8.60. The molecule has 0 N–H and O–H groups in total. The highest BCUT2D eigenvalue weighted by molar-refractivity contribution is 5.76. The van der Waals surface area contributed by atoms with Crippen molar-refractivity contribution in [2.75, 3.05) is 19.7 Å². The molecule has 2 heterocycles. The second-order valence-electron chi connectivity index (χ2n) is 6.48. The van der Waals surface area contributed by atoms with Crippen LogP contribution in [-0.2, 0) is 11.2 Å². The average Bonchev–Trinajstić information content (AvgIpc) is 2.65. The number of amides is 1. The van der Waals surface area contributed by atoms with Crippen molar-refractivity contribution in [3.05, 3.63) is 60.2 Å². The van der Waals surface area contributed by atoms with Crippen molar-refractivity contribution in [2.24, 2.45) is 5.92 Å². The molecule has 0 spiro atoms. The minimum atomic E-state index is -0.298. The lowest BCUT2D eigenvalue weighted by molar-refractivity contribution is -0.133. The highest BCUT2D eigenvalue weighted by atomic mass is 19.1. The Kier molecular flexibility index (Phi) is 5.99. The van der Waals surface area contributed by atoms with E-state index in [-0.39, 0.29) is 11.7 Å². The van der Waals surface area contributed by atoms with E-state index in [4.69, 9.17) is 4.74 Å². The topological polar surface area (TPSA) is 42.4 Å². The van der Waals surface area contributed by atoms with Crippen LogP contribution < -0.4 is 4.74 Å². The van der Waals surface area contributed by atoms with Crippen LogP contribution in [-0.4, -0.2) is 35.5 Å². The summed E-state index contributed by atoms with van der Waals surface area (Å²) >= 11 is 0. The van der Waals surface area contributed by atoms with Gasteiger partial charge in [0.25, 0.3) is 0 Å². The lowest BCUT2D eigenvalue weighted by Gasteiger charge is -2.32. The van der Waals surface area contributed by atoms with Crippen LogP contribution in [0.25, 0.3) is 0 Å². The quantitative estimate of drug-likeness (QED) is 0.807. The molecule has 1 aliphatic heterocycles. The van der Waals surface area contributed by atoms with Crippen LogP contribution >= 0.6 is 0 Å². The van der Waals surface area contributed by atoms with Gasteiger partial charge >= 0.3 is 0 Å². The fourth-order valence-corrected chi connectivity index (χ4v) is 3.15. The zero-order valence-corrected chi connectivity index (χ0v) is 14.2.